The Morgan fingerprint density at radius 2 is 2.03 bits per heavy atom. The molecule has 8 heteroatoms. The quantitative estimate of drug-likeness (QED) is 0.647. The summed E-state index contributed by atoms with van der Waals surface area (Å²) in [5.41, 5.74) is 2.38. The Balaban J connectivity index is 1.61. The number of benzene rings is 1. The number of ether oxygens (including phenoxy) is 1. The molecule has 4 rings (SSSR count). The zero-order chi connectivity index (χ0) is 23.5. The molecular weight excluding hydrogens is 426 g/mol. The highest BCUT2D eigenvalue weighted by atomic mass is 19.3. The van der Waals surface area contributed by atoms with Crippen LogP contribution in [0.4, 0.5) is 19.4 Å². The Bertz CT molecular complexity index is 998. The fraction of sp³-hybridized carbons (Fsp3) is 0.560. The summed E-state index contributed by atoms with van der Waals surface area (Å²) in [5, 5.41) is 2.95. The summed E-state index contributed by atoms with van der Waals surface area (Å²) < 4.78 is 32.6. The van der Waals surface area contributed by atoms with E-state index in [4.69, 9.17) is 14.7 Å². The number of halogens is 2. The number of fused-ring (bicyclic) bond motifs is 1. The van der Waals surface area contributed by atoms with Crippen LogP contribution in [0.15, 0.2) is 24.3 Å². The molecule has 1 amide bonds. The summed E-state index contributed by atoms with van der Waals surface area (Å²) >= 11 is 0. The molecule has 6 nitrogen and oxygen atoms in total. The van der Waals surface area contributed by atoms with Gasteiger partial charge in [0.25, 0.3) is 6.43 Å². The number of alkyl halides is 2. The molecule has 0 bridgehead atoms. The van der Waals surface area contributed by atoms with Crippen molar-refractivity contribution in [1.82, 2.24) is 15.3 Å². The monoisotopic (exact) mass is 458 g/mol. The van der Waals surface area contributed by atoms with Crippen molar-refractivity contribution in [1.29, 1.82) is 0 Å². The van der Waals surface area contributed by atoms with Gasteiger partial charge in [0, 0.05) is 29.8 Å². The van der Waals surface area contributed by atoms with Gasteiger partial charge >= 0.3 is 6.09 Å². The molecule has 0 spiro atoms. The van der Waals surface area contributed by atoms with Crippen LogP contribution in [0.5, 0.6) is 0 Å². The van der Waals surface area contributed by atoms with Crippen LogP contribution in [-0.2, 0) is 17.6 Å². The van der Waals surface area contributed by atoms with E-state index in [0.29, 0.717) is 30.5 Å². The van der Waals surface area contributed by atoms with Crippen molar-refractivity contribution in [3.05, 3.63) is 41.1 Å². The van der Waals surface area contributed by atoms with Crippen molar-refractivity contribution < 1.29 is 18.3 Å². The van der Waals surface area contributed by atoms with E-state index in [1.807, 2.05) is 13.8 Å². The first-order valence-corrected chi connectivity index (χ1v) is 11.8. The number of carbonyl (C=O) groups is 1. The normalized spacial score (nSPS) is 20.3. The highest BCUT2D eigenvalue weighted by Crippen LogP contribution is 2.36. The number of carbonyl (C=O) groups excluding carboxylic acids is 1. The number of nitrogens with zero attached hydrogens (tertiary/aromatic N) is 3. The van der Waals surface area contributed by atoms with Crippen LogP contribution in [0, 0.1) is 11.8 Å². The second-order valence-corrected chi connectivity index (χ2v) is 9.60. The first kappa shape index (κ1) is 23.4. The number of aromatic nitrogens is 2. The van der Waals surface area contributed by atoms with Crippen molar-refractivity contribution in [2.45, 2.75) is 58.9 Å². The maximum atomic E-state index is 13.7. The van der Waals surface area contributed by atoms with Gasteiger partial charge in [0.1, 0.15) is 5.82 Å². The van der Waals surface area contributed by atoms with Gasteiger partial charge < -0.3 is 15.0 Å². The van der Waals surface area contributed by atoms with E-state index < -0.39 is 12.5 Å². The van der Waals surface area contributed by atoms with Crippen LogP contribution in [0.3, 0.4) is 0 Å². The Labute approximate surface area is 193 Å². The molecule has 2 atom stereocenters. The van der Waals surface area contributed by atoms with E-state index in [1.165, 1.54) is 6.07 Å². The molecule has 0 saturated carbocycles. The Morgan fingerprint density at radius 3 is 2.79 bits per heavy atom. The van der Waals surface area contributed by atoms with Crippen LogP contribution in [0.2, 0.25) is 0 Å². The smallest absolute Gasteiger partial charge is 0.407 e. The van der Waals surface area contributed by atoms with Gasteiger partial charge in [-0.1, -0.05) is 45.0 Å². The maximum Gasteiger partial charge on any atom is 0.407 e. The summed E-state index contributed by atoms with van der Waals surface area (Å²) in [4.78, 5) is 23.8. The summed E-state index contributed by atoms with van der Waals surface area (Å²) in [7, 11) is 0. The van der Waals surface area contributed by atoms with Gasteiger partial charge in [0.05, 0.1) is 18.3 Å². The van der Waals surface area contributed by atoms with Crippen molar-refractivity contribution in [2.75, 3.05) is 24.6 Å². The minimum Gasteiger partial charge on any atom is -0.449 e. The van der Waals surface area contributed by atoms with Crippen molar-refractivity contribution in [3.63, 3.8) is 0 Å². The van der Waals surface area contributed by atoms with E-state index in [-0.39, 0.29) is 17.5 Å². The van der Waals surface area contributed by atoms with Crippen LogP contribution in [-0.4, -0.2) is 41.8 Å². The van der Waals surface area contributed by atoms with Gasteiger partial charge in [-0.2, -0.15) is 0 Å². The standard InChI is InChI=1S/C25H32F2N4O2/c1-15(2)14-33-25(32)28-17-10-11-31(13-17)24-20-9-8-16(3)12-21(20)29-23(30-24)19-7-5-4-6-18(19)22(26)27/h4-7,15-17,22H,8-14H2,1-3H3,(H,28,32)/t16?,17-/m1/s1. The fourth-order valence-electron chi connectivity index (χ4n) is 4.56. The van der Waals surface area contributed by atoms with Gasteiger partial charge in [-0.05, 0) is 37.5 Å². The molecule has 178 valence electrons. The molecule has 2 aromatic rings. The molecule has 0 radical (unpaired) electrons. The average molecular weight is 459 g/mol. The van der Waals surface area contributed by atoms with E-state index in [1.54, 1.807) is 18.2 Å². The molecule has 2 heterocycles. The second-order valence-electron chi connectivity index (χ2n) is 9.60. The zero-order valence-electron chi connectivity index (χ0n) is 19.5. The summed E-state index contributed by atoms with van der Waals surface area (Å²) in [6.45, 7) is 7.89. The fourth-order valence-corrected chi connectivity index (χ4v) is 4.56. The Hall–Kier alpha value is -2.77. The third kappa shape index (κ3) is 5.42. The lowest BCUT2D eigenvalue weighted by molar-refractivity contribution is 0.130. The first-order chi connectivity index (χ1) is 15.8. The first-order valence-electron chi connectivity index (χ1n) is 11.8. The van der Waals surface area contributed by atoms with Gasteiger partial charge in [0.2, 0.25) is 0 Å². The van der Waals surface area contributed by atoms with Gasteiger partial charge in [0.15, 0.2) is 5.82 Å². The number of hydrogen-bond acceptors (Lipinski definition) is 5. The molecule has 1 aromatic heterocycles. The topological polar surface area (TPSA) is 67.3 Å². The molecule has 1 unspecified atom stereocenters. The van der Waals surface area contributed by atoms with Crippen LogP contribution in [0.25, 0.3) is 11.4 Å². The maximum absolute atomic E-state index is 13.7. The third-order valence-electron chi connectivity index (χ3n) is 6.29. The van der Waals surface area contributed by atoms with Crippen molar-refractivity contribution >= 4 is 11.9 Å². The van der Waals surface area contributed by atoms with Gasteiger partial charge in [-0.3, -0.25) is 0 Å². The highest BCUT2D eigenvalue weighted by Gasteiger charge is 2.31. The molecule has 2 aliphatic rings. The number of nitrogens with one attached hydrogen (secondary N) is 1. The lowest BCUT2D eigenvalue weighted by Crippen LogP contribution is -2.38. The van der Waals surface area contributed by atoms with Crippen LogP contribution < -0.4 is 10.2 Å². The third-order valence-corrected chi connectivity index (χ3v) is 6.29. The van der Waals surface area contributed by atoms with Crippen LogP contribution >= 0.6 is 0 Å². The van der Waals surface area contributed by atoms with E-state index >= 15 is 0 Å². The average Bonchev–Trinajstić information content (AvgIpc) is 3.24. The van der Waals surface area contributed by atoms with Crippen molar-refractivity contribution in [3.8, 4) is 11.4 Å². The molecule has 1 fully saturated rings. The molecule has 1 aliphatic carbocycles. The number of hydrogen-bond donors (Lipinski definition) is 1. The molecule has 1 aromatic carbocycles. The number of anilines is 1. The lowest BCUT2D eigenvalue weighted by atomic mass is 9.88. The largest absolute Gasteiger partial charge is 0.449 e. The molecule has 33 heavy (non-hydrogen) atoms. The predicted molar refractivity (Wildman–Crippen MR) is 124 cm³/mol. The van der Waals surface area contributed by atoms with Crippen LogP contribution in [0.1, 0.15) is 56.9 Å². The molecule has 1 N–H and O–H groups in total. The van der Waals surface area contributed by atoms with Crippen molar-refractivity contribution in [2.24, 2.45) is 11.8 Å². The SMILES string of the molecule is CC(C)COC(=O)N[C@@H]1CCN(c2nc(-c3ccccc3C(F)F)nc3c2CCC(C)C3)C1. The number of rotatable bonds is 6. The number of amides is 1. The van der Waals surface area contributed by atoms with E-state index in [9.17, 15) is 13.6 Å². The second kappa shape index (κ2) is 10.0. The van der Waals surface area contributed by atoms with E-state index in [2.05, 4.69) is 17.1 Å². The summed E-state index contributed by atoms with van der Waals surface area (Å²) in [5.74, 6) is 1.93. The lowest BCUT2D eigenvalue weighted by Gasteiger charge is -2.28. The zero-order valence-corrected chi connectivity index (χ0v) is 19.5. The molecular formula is C25H32F2N4O2. The summed E-state index contributed by atoms with van der Waals surface area (Å²) in [6, 6.07) is 6.41. The molecule has 1 saturated heterocycles. The minimum absolute atomic E-state index is 0.0467. The number of alkyl carbamates (subject to hydrolysis) is 1. The highest BCUT2D eigenvalue weighted by molar-refractivity contribution is 5.68. The Kier molecular flexibility index (Phi) is 7.10. The van der Waals surface area contributed by atoms with Gasteiger partial charge in [-0.15, -0.1) is 0 Å². The molecule has 1 aliphatic heterocycles. The Morgan fingerprint density at radius 1 is 1.24 bits per heavy atom. The van der Waals surface area contributed by atoms with Gasteiger partial charge in [-0.25, -0.2) is 23.5 Å². The van der Waals surface area contributed by atoms with E-state index in [0.717, 1.165) is 49.3 Å². The predicted octanol–water partition coefficient (Wildman–Crippen LogP) is 5.17. The summed E-state index contributed by atoms with van der Waals surface area (Å²) in [6.07, 6.45) is 0.503. The minimum atomic E-state index is -2.60.